The second-order valence-electron chi connectivity index (χ2n) is 6.25. The van der Waals surface area contributed by atoms with Gasteiger partial charge in [0.05, 0.1) is 0 Å². The van der Waals surface area contributed by atoms with Gasteiger partial charge in [0.15, 0.2) is 0 Å². The Bertz CT molecular complexity index is 662. The van der Waals surface area contributed by atoms with Crippen molar-refractivity contribution in [1.29, 1.82) is 0 Å². The van der Waals surface area contributed by atoms with Crippen molar-refractivity contribution >= 4 is 5.69 Å². The average Bonchev–Trinajstić information content (AvgIpc) is 2.68. The summed E-state index contributed by atoms with van der Waals surface area (Å²) in [5, 5.41) is 3.52. The lowest BCUT2D eigenvalue weighted by atomic mass is 9.98. The molecule has 0 bridgehead atoms. The maximum atomic E-state index is 3.52. The number of benzene rings is 2. The van der Waals surface area contributed by atoms with Gasteiger partial charge in [-0.15, -0.1) is 0 Å². The Kier molecular flexibility index (Phi) is 3.19. The maximum absolute atomic E-state index is 3.52. The summed E-state index contributed by atoms with van der Waals surface area (Å²) in [5.74, 6) is 0. The average molecular weight is 278 g/mol. The van der Waals surface area contributed by atoms with Crippen molar-refractivity contribution in [2.75, 3.05) is 24.5 Å². The first-order valence-corrected chi connectivity index (χ1v) is 7.99. The Labute approximate surface area is 126 Å². The molecule has 1 N–H and O–H groups in total. The molecule has 0 aromatic heterocycles. The number of rotatable bonds is 1. The Balaban J connectivity index is 1.75. The van der Waals surface area contributed by atoms with Gasteiger partial charge in [-0.2, -0.15) is 0 Å². The van der Waals surface area contributed by atoms with Crippen LogP contribution in [0.15, 0.2) is 42.5 Å². The van der Waals surface area contributed by atoms with Crippen LogP contribution in [0.2, 0.25) is 0 Å². The van der Waals surface area contributed by atoms with E-state index in [4.69, 9.17) is 0 Å². The fourth-order valence-electron chi connectivity index (χ4n) is 3.78. The Morgan fingerprint density at radius 1 is 1.10 bits per heavy atom. The lowest BCUT2D eigenvalue weighted by molar-refractivity contribution is 0.612. The van der Waals surface area contributed by atoms with Crippen LogP contribution in [0.4, 0.5) is 5.69 Å². The topological polar surface area (TPSA) is 15.3 Å². The highest BCUT2D eigenvalue weighted by molar-refractivity contribution is 5.74. The van der Waals surface area contributed by atoms with Crippen LogP contribution in [-0.2, 0) is 6.42 Å². The fraction of sp³-hybridized carbons (Fsp3) is 0.368. The molecule has 2 aromatic carbocycles. The standard InChI is InChI=1S/C19H22N2/c1-14-4-2-3-5-18(14)15-6-7-16-12-17-8-9-20-10-11-21(17)19(16)13-15/h2-7,13,17,20H,8-12H2,1H3. The normalized spacial score (nSPS) is 20.8. The maximum Gasteiger partial charge on any atom is 0.0408 e. The van der Waals surface area contributed by atoms with Gasteiger partial charge in [0.25, 0.3) is 0 Å². The molecule has 2 aliphatic rings. The number of nitrogens with zero attached hydrogens (tertiary/aromatic N) is 1. The molecule has 1 atom stereocenters. The summed E-state index contributed by atoms with van der Waals surface area (Å²) >= 11 is 0. The van der Waals surface area contributed by atoms with Gasteiger partial charge < -0.3 is 10.2 Å². The van der Waals surface area contributed by atoms with Crippen molar-refractivity contribution in [3.63, 3.8) is 0 Å². The third kappa shape index (κ3) is 2.24. The minimum Gasteiger partial charge on any atom is -0.367 e. The van der Waals surface area contributed by atoms with E-state index in [-0.39, 0.29) is 0 Å². The number of nitrogens with one attached hydrogen (secondary N) is 1. The first-order chi connectivity index (χ1) is 10.3. The number of fused-ring (bicyclic) bond motifs is 3. The van der Waals surface area contributed by atoms with Crippen LogP contribution in [0.5, 0.6) is 0 Å². The minimum absolute atomic E-state index is 0.696. The summed E-state index contributed by atoms with van der Waals surface area (Å²) in [6.07, 6.45) is 2.47. The molecule has 0 spiro atoms. The molecule has 2 nitrogen and oxygen atoms in total. The smallest absolute Gasteiger partial charge is 0.0408 e. The van der Waals surface area contributed by atoms with Gasteiger partial charge in [-0.1, -0.05) is 36.4 Å². The van der Waals surface area contributed by atoms with E-state index in [2.05, 4.69) is 59.6 Å². The molecule has 0 aliphatic carbocycles. The van der Waals surface area contributed by atoms with E-state index in [1.54, 1.807) is 0 Å². The molecule has 1 saturated heterocycles. The molecule has 4 rings (SSSR count). The fourth-order valence-corrected chi connectivity index (χ4v) is 3.78. The lowest BCUT2D eigenvalue weighted by Gasteiger charge is -2.25. The van der Waals surface area contributed by atoms with Crippen LogP contribution < -0.4 is 10.2 Å². The number of anilines is 1. The third-order valence-electron chi connectivity index (χ3n) is 4.93. The van der Waals surface area contributed by atoms with E-state index >= 15 is 0 Å². The minimum atomic E-state index is 0.696. The molecule has 21 heavy (non-hydrogen) atoms. The van der Waals surface area contributed by atoms with Crippen molar-refractivity contribution in [2.45, 2.75) is 25.8 Å². The SMILES string of the molecule is Cc1ccccc1-c1ccc2c(c1)N1CCNCCC1C2. The van der Waals surface area contributed by atoms with Gasteiger partial charge in [-0.05, 0) is 54.6 Å². The largest absolute Gasteiger partial charge is 0.367 e. The van der Waals surface area contributed by atoms with Crippen LogP contribution in [0.1, 0.15) is 17.5 Å². The van der Waals surface area contributed by atoms with Gasteiger partial charge in [0.2, 0.25) is 0 Å². The van der Waals surface area contributed by atoms with Crippen molar-refractivity contribution in [3.8, 4) is 11.1 Å². The van der Waals surface area contributed by atoms with Crippen molar-refractivity contribution < 1.29 is 0 Å². The Morgan fingerprint density at radius 2 is 2.00 bits per heavy atom. The van der Waals surface area contributed by atoms with E-state index in [0.29, 0.717) is 6.04 Å². The summed E-state index contributed by atoms with van der Waals surface area (Å²) in [6, 6.07) is 16.4. The summed E-state index contributed by atoms with van der Waals surface area (Å²) in [5.41, 5.74) is 7.05. The molecule has 2 aliphatic heterocycles. The highest BCUT2D eigenvalue weighted by Crippen LogP contribution is 2.37. The molecular weight excluding hydrogens is 256 g/mol. The molecular formula is C19H22N2. The van der Waals surface area contributed by atoms with Crippen LogP contribution in [0, 0.1) is 6.92 Å². The van der Waals surface area contributed by atoms with Crippen LogP contribution in [0.3, 0.4) is 0 Å². The molecule has 2 aromatic rings. The predicted octanol–water partition coefficient (Wildman–Crippen LogP) is 3.39. The van der Waals surface area contributed by atoms with E-state index < -0.39 is 0 Å². The summed E-state index contributed by atoms with van der Waals surface area (Å²) in [6.45, 7) is 5.58. The molecule has 0 saturated carbocycles. The predicted molar refractivity (Wildman–Crippen MR) is 88.9 cm³/mol. The molecule has 1 fully saturated rings. The van der Waals surface area contributed by atoms with Gasteiger partial charge >= 0.3 is 0 Å². The van der Waals surface area contributed by atoms with Crippen LogP contribution in [0.25, 0.3) is 11.1 Å². The van der Waals surface area contributed by atoms with E-state index in [9.17, 15) is 0 Å². The first kappa shape index (κ1) is 12.9. The summed E-state index contributed by atoms with van der Waals surface area (Å²) < 4.78 is 0. The van der Waals surface area contributed by atoms with Crippen LogP contribution >= 0.6 is 0 Å². The highest BCUT2D eigenvalue weighted by atomic mass is 15.2. The third-order valence-corrected chi connectivity index (χ3v) is 4.93. The molecule has 1 unspecified atom stereocenters. The molecule has 2 heterocycles. The van der Waals surface area contributed by atoms with Crippen molar-refractivity contribution in [3.05, 3.63) is 53.6 Å². The molecule has 0 radical (unpaired) electrons. The van der Waals surface area contributed by atoms with E-state index in [1.165, 1.54) is 40.8 Å². The molecule has 108 valence electrons. The van der Waals surface area contributed by atoms with Gasteiger partial charge in [0, 0.05) is 24.8 Å². The number of hydrogen-bond donors (Lipinski definition) is 1. The quantitative estimate of drug-likeness (QED) is 0.860. The zero-order chi connectivity index (χ0) is 14.2. The highest BCUT2D eigenvalue weighted by Gasteiger charge is 2.30. The van der Waals surface area contributed by atoms with E-state index in [0.717, 1.165) is 19.6 Å². The van der Waals surface area contributed by atoms with Crippen molar-refractivity contribution in [1.82, 2.24) is 5.32 Å². The second kappa shape index (κ2) is 5.19. The lowest BCUT2D eigenvalue weighted by Crippen LogP contribution is -2.32. The second-order valence-corrected chi connectivity index (χ2v) is 6.25. The Morgan fingerprint density at radius 3 is 2.90 bits per heavy atom. The van der Waals surface area contributed by atoms with Gasteiger partial charge in [0.1, 0.15) is 0 Å². The monoisotopic (exact) mass is 278 g/mol. The van der Waals surface area contributed by atoms with E-state index in [1.807, 2.05) is 0 Å². The summed E-state index contributed by atoms with van der Waals surface area (Å²) in [4.78, 5) is 2.62. The zero-order valence-electron chi connectivity index (χ0n) is 12.6. The molecule has 0 amide bonds. The van der Waals surface area contributed by atoms with Gasteiger partial charge in [-0.3, -0.25) is 0 Å². The zero-order valence-corrected chi connectivity index (χ0v) is 12.6. The van der Waals surface area contributed by atoms with Crippen LogP contribution in [-0.4, -0.2) is 25.7 Å². The summed E-state index contributed by atoms with van der Waals surface area (Å²) in [7, 11) is 0. The van der Waals surface area contributed by atoms with Crippen molar-refractivity contribution in [2.24, 2.45) is 0 Å². The van der Waals surface area contributed by atoms with Gasteiger partial charge in [-0.25, -0.2) is 0 Å². The first-order valence-electron chi connectivity index (χ1n) is 7.99. The number of hydrogen-bond acceptors (Lipinski definition) is 2. The number of aryl methyl sites for hydroxylation is 1. The Hall–Kier alpha value is -1.80. The molecule has 2 heteroatoms.